The Morgan fingerprint density at radius 3 is 2.53 bits per heavy atom. The Bertz CT molecular complexity index is 1140. The van der Waals surface area contributed by atoms with Crippen molar-refractivity contribution in [2.24, 2.45) is 0 Å². The third kappa shape index (κ3) is 4.89. The molecule has 36 heavy (non-hydrogen) atoms. The lowest BCUT2D eigenvalue weighted by molar-refractivity contribution is -0.133. The molecular weight excluding hydrogens is 462 g/mol. The number of benzene rings is 1. The summed E-state index contributed by atoms with van der Waals surface area (Å²) >= 11 is 0. The van der Waals surface area contributed by atoms with Crippen molar-refractivity contribution in [3.8, 4) is 11.5 Å². The lowest BCUT2D eigenvalue weighted by Crippen LogP contribution is -2.64. The van der Waals surface area contributed by atoms with Crippen LogP contribution >= 0.6 is 0 Å². The van der Waals surface area contributed by atoms with Gasteiger partial charge in [0, 0.05) is 25.2 Å². The standard InChI is InChI=1S/C26H35N5O5/c1-5-30-24(33)20-15-19(23(32)27-13-12-17-10-11-21(35-3)22(14-17)36-4)29-31(20)16-26(30,2)25(34)28-18-8-6-7-9-18/h10-11,14-15,18H,5-9,12-13,16H2,1-4H3,(H,27,32)(H,28,34)/t26-/m1/s1. The number of carbonyl (C=O) groups is 3. The molecule has 1 saturated carbocycles. The minimum absolute atomic E-state index is 0.147. The molecule has 0 radical (unpaired) electrons. The zero-order valence-corrected chi connectivity index (χ0v) is 21.4. The highest BCUT2D eigenvalue weighted by molar-refractivity contribution is 6.01. The SMILES string of the molecule is CCN1C(=O)c2cc(C(=O)NCCc3ccc(OC)c(OC)c3)nn2C[C@]1(C)C(=O)NC1CCCC1. The van der Waals surface area contributed by atoms with Crippen molar-refractivity contribution < 1.29 is 23.9 Å². The van der Waals surface area contributed by atoms with Gasteiger partial charge in [0.1, 0.15) is 11.2 Å². The number of likely N-dealkylation sites (N-methyl/N-ethyl adjacent to an activating group) is 1. The summed E-state index contributed by atoms with van der Waals surface area (Å²) in [6, 6.07) is 7.26. The molecule has 10 nitrogen and oxygen atoms in total. The molecule has 1 aromatic heterocycles. The van der Waals surface area contributed by atoms with Gasteiger partial charge in [0.15, 0.2) is 17.2 Å². The van der Waals surface area contributed by atoms with Gasteiger partial charge in [0.2, 0.25) is 5.91 Å². The van der Waals surface area contributed by atoms with Crippen molar-refractivity contribution >= 4 is 17.7 Å². The van der Waals surface area contributed by atoms with Crippen LogP contribution in [0.25, 0.3) is 0 Å². The first-order valence-corrected chi connectivity index (χ1v) is 12.5. The summed E-state index contributed by atoms with van der Waals surface area (Å²) in [4.78, 5) is 40.9. The maximum Gasteiger partial charge on any atom is 0.273 e. The summed E-state index contributed by atoms with van der Waals surface area (Å²) in [5, 5.41) is 10.4. The molecule has 1 aromatic carbocycles. The van der Waals surface area contributed by atoms with Crippen molar-refractivity contribution in [2.75, 3.05) is 27.3 Å². The fourth-order valence-electron chi connectivity index (χ4n) is 5.10. The first-order chi connectivity index (χ1) is 17.3. The Balaban J connectivity index is 1.44. The molecule has 0 unspecified atom stereocenters. The molecule has 4 rings (SSSR count). The molecule has 3 amide bonds. The van der Waals surface area contributed by atoms with Gasteiger partial charge in [0.25, 0.3) is 11.8 Å². The summed E-state index contributed by atoms with van der Waals surface area (Å²) in [5.74, 6) is 0.424. The normalized spacial score (nSPS) is 19.7. The second-order valence-electron chi connectivity index (χ2n) is 9.55. The topological polar surface area (TPSA) is 115 Å². The summed E-state index contributed by atoms with van der Waals surface area (Å²) in [5.41, 5.74) is 0.374. The minimum atomic E-state index is -1.07. The molecule has 2 heterocycles. The monoisotopic (exact) mass is 497 g/mol. The molecule has 1 fully saturated rings. The van der Waals surface area contributed by atoms with Crippen LogP contribution in [0.3, 0.4) is 0 Å². The van der Waals surface area contributed by atoms with E-state index in [1.807, 2.05) is 25.1 Å². The number of nitrogens with zero attached hydrogens (tertiary/aromatic N) is 3. The first kappa shape index (κ1) is 25.5. The molecule has 0 saturated heterocycles. The van der Waals surface area contributed by atoms with Crippen LogP contribution in [0, 0.1) is 0 Å². The summed E-state index contributed by atoms with van der Waals surface area (Å²) in [6.45, 7) is 4.58. The van der Waals surface area contributed by atoms with Gasteiger partial charge in [-0.25, -0.2) is 0 Å². The van der Waals surface area contributed by atoms with Gasteiger partial charge < -0.3 is 25.0 Å². The second-order valence-corrected chi connectivity index (χ2v) is 9.55. The molecule has 1 aliphatic carbocycles. The molecule has 2 aromatic rings. The Kier molecular flexibility index (Phi) is 7.51. The molecule has 10 heteroatoms. The van der Waals surface area contributed by atoms with Gasteiger partial charge in [-0.3, -0.25) is 19.1 Å². The van der Waals surface area contributed by atoms with Crippen molar-refractivity contribution in [3.05, 3.63) is 41.2 Å². The number of methoxy groups -OCH3 is 2. The number of aromatic nitrogens is 2. The molecule has 1 atom stereocenters. The Labute approximate surface area is 211 Å². The number of hydrogen-bond donors (Lipinski definition) is 2. The van der Waals surface area contributed by atoms with Crippen molar-refractivity contribution in [3.63, 3.8) is 0 Å². The molecule has 194 valence electrons. The summed E-state index contributed by atoms with van der Waals surface area (Å²) in [7, 11) is 3.16. The highest BCUT2D eigenvalue weighted by atomic mass is 16.5. The third-order valence-corrected chi connectivity index (χ3v) is 7.17. The van der Waals surface area contributed by atoms with E-state index in [0.717, 1.165) is 31.2 Å². The first-order valence-electron chi connectivity index (χ1n) is 12.5. The number of ether oxygens (including phenoxy) is 2. The Morgan fingerprint density at radius 2 is 1.86 bits per heavy atom. The average Bonchev–Trinajstić information content (AvgIpc) is 3.54. The van der Waals surface area contributed by atoms with Gasteiger partial charge in [-0.1, -0.05) is 18.9 Å². The number of carbonyl (C=O) groups excluding carboxylic acids is 3. The van der Waals surface area contributed by atoms with E-state index in [0.29, 0.717) is 36.7 Å². The predicted molar refractivity (Wildman–Crippen MR) is 133 cm³/mol. The molecule has 2 N–H and O–H groups in total. The van der Waals surface area contributed by atoms with Gasteiger partial charge in [-0.05, 0) is 50.8 Å². The third-order valence-electron chi connectivity index (χ3n) is 7.17. The van der Waals surface area contributed by atoms with E-state index >= 15 is 0 Å². The van der Waals surface area contributed by atoms with E-state index in [1.165, 1.54) is 10.7 Å². The van der Waals surface area contributed by atoms with Gasteiger partial charge >= 0.3 is 0 Å². The molecule has 1 aliphatic heterocycles. The highest BCUT2D eigenvalue weighted by Crippen LogP contribution is 2.29. The van der Waals surface area contributed by atoms with Crippen LogP contribution < -0.4 is 20.1 Å². The van der Waals surface area contributed by atoms with E-state index in [1.54, 1.807) is 26.0 Å². The van der Waals surface area contributed by atoms with Gasteiger partial charge in [-0.2, -0.15) is 5.10 Å². The maximum atomic E-state index is 13.3. The quantitative estimate of drug-likeness (QED) is 0.549. The van der Waals surface area contributed by atoms with E-state index < -0.39 is 5.54 Å². The zero-order chi connectivity index (χ0) is 25.9. The summed E-state index contributed by atoms with van der Waals surface area (Å²) in [6.07, 6.45) is 4.71. The van der Waals surface area contributed by atoms with Crippen LogP contribution in [0.2, 0.25) is 0 Å². The Hall–Kier alpha value is -3.56. The van der Waals surface area contributed by atoms with Crippen LogP contribution in [0.5, 0.6) is 11.5 Å². The van der Waals surface area contributed by atoms with E-state index in [4.69, 9.17) is 9.47 Å². The number of rotatable bonds is 9. The maximum absolute atomic E-state index is 13.3. The van der Waals surface area contributed by atoms with Crippen LogP contribution in [-0.2, 0) is 17.8 Å². The van der Waals surface area contributed by atoms with Crippen molar-refractivity contribution in [1.82, 2.24) is 25.3 Å². The van der Waals surface area contributed by atoms with Crippen molar-refractivity contribution in [1.29, 1.82) is 0 Å². The summed E-state index contributed by atoms with van der Waals surface area (Å²) < 4.78 is 12.1. The van der Waals surface area contributed by atoms with Gasteiger partial charge in [-0.15, -0.1) is 0 Å². The number of fused-ring (bicyclic) bond motifs is 1. The molecule has 2 aliphatic rings. The smallest absolute Gasteiger partial charge is 0.273 e. The highest BCUT2D eigenvalue weighted by Gasteiger charge is 2.48. The van der Waals surface area contributed by atoms with Crippen LogP contribution in [-0.4, -0.2) is 71.3 Å². The van der Waals surface area contributed by atoms with E-state index in [2.05, 4.69) is 15.7 Å². The fourth-order valence-corrected chi connectivity index (χ4v) is 5.10. The lowest BCUT2D eigenvalue weighted by atomic mass is 9.94. The van der Waals surface area contributed by atoms with Crippen LogP contribution in [0.1, 0.15) is 66.1 Å². The van der Waals surface area contributed by atoms with Crippen LogP contribution in [0.15, 0.2) is 24.3 Å². The van der Waals surface area contributed by atoms with Crippen LogP contribution in [0.4, 0.5) is 0 Å². The number of hydrogen-bond acceptors (Lipinski definition) is 6. The minimum Gasteiger partial charge on any atom is -0.493 e. The fraction of sp³-hybridized carbons (Fsp3) is 0.538. The number of nitrogens with one attached hydrogen (secondary N) is 2. The van der Waals surface area contributed by atoms with E-state index in [9.17, 15) is 14.4 Å². The van der Waals surface area contributed by atoms with E-state index in [-0.39, 0.29) is 36.0 Å². The zero-order valence-electron chi connectivity index (χ0n) is 21.4. The predicted octanol–water partition coefficient (Wildman–Crippen LogP) is 2.17. The molecular formula is C26H35N5O5. The molecule has 0 spiro atoms. The average molecular weight is 498 g/mol. The lowest BCUT2D eigenvalue weighted by Gasteiger charge is -2.43. The van der Waals surface area contributed by atoms with Crippen molar-refractivity contribution in [2.45, 2.75) is 64.1 Å². The largest absolute Gasteiger partial charge is 0.493 e. The Morgan fingerprint density at radius 1 is 1.14 bits per heavy atom. The second kappa shape index (κ2) is 10.6. The number of amides is 3. The molecule has 0 bridgehead atoms. The van der Waals surface area contributed by atoms with Gasteiger partial charge in [0.05, 0.1) is 20.8 Å².